The molecule has 0 spiro atoms. The van der Waals surface area contributed by atoms with Crippen LogP contribution in [0.25, 0.3) is 5.69 Å². The van der Waals surface area contributed by atoms with Gasteiger partial charge in [-0.25, -0.2) is 9.07 Å². The quantitative estimate of drug-likeness (QED) is 0.920. The normalized spacial score (nSPS) is 12.7. The molecule has 4 nitrogen and oxygen atoms in total. The van der Waals surface area contributed by atoms with E-state index in [9.17, 15) is 4.39 Å². The van der Waals surface area contributed by atoms with Gasteiger partial charge in [-0.05, 0) is 38.1 Å². The average Bonchev–Trinajstić information content (AvgIpc) is 2.83. The van der Waals surface area contributed by atoms with Crippen molar-refractivity contribution in [3.63, 3.8) is 0 Å². The second-order valence-corrected chi connectivity index (χ2v) is 5.00. The SMILES string of the molecule is CCc1c(C(CC)NC)nnn1-c1cc(F)cc(Cl)c1. The zero-order chi connectivity index (χ0) is 14.7. The molecule has 0 aliphatic heterocycles. The Hall–Kier alpha value is -1.46. The Labute approximate surface area is 122 Å². The van der Waals surface area contributed by atoms with Gasteiger partial charge in [0.25, 0.3) is 0 Å². The summed E-state index contributed by atoms with van der Waals surface area (Å²) in [6.07, 6.45) is 1.67. The Balaban J connectivity index is 2.52. The summed E-state index contributed by atoms with van der Waals surface area (Å²) in [6, 6.07) is 4.51. The van der Waals surface area contributed by atoms with E-state index in [0.717, 1.165) is 24.2 Å². The maximum Gasteiger partial charge on any atom is 0.126 e. The van der Waals surface area contributed by atoms with Crippen LogP contribution in [0, 0.1) is 5.82 Å². The van der Waals surface area contributed by atoms with Crippen molar-refractivity contribution in [3.8, 4) is 5.69 Å². The van der Waals surface area contributed by atoms with Gasteiger partial charge in [-0.2, -0.15) is 0 Å². The fourth-order valence-corrected chi connectivity index (χ4v) is 2.53. The van der Waals surface area contributed by atoms with Gasteiger partial charge in [0.05, 0.1) is 17.4 Å². The van der Waals surface area contributed by atoms with Crippen molar-refractivity contribution in [1.29, 1.82) is 0 Å². The first kappa shape index (κ1) is 14.9. The lowest BCUT2D eigenvalue weighted by Gasteiger charge is -2.13. The Morgan fingerprint density at radius 1 is 1.35 bits per heavy atom. The highest BCUT2D eigenvalue weighted by molar-refractivity contribution is 6.30. The molecule has 20 heavy (non-hydrogen) atoms. The summed E-state index contributed by atoms with van der Waals surface area (Å²) in [5.41, 5.74) is 2.46. The molecule has 0 bridgehead atoms. The number of hydrogen-bond acceptors (Lipinski definition) is 3. The molecule has 0 saturated carbocycles. The molecule has 0 aliphatic rings. The van der Waals surface area contributed by atoms with E-state index in [2.05, 4.69) is 22.6 Å². The lowest BCUT2D eigenvalue weighted by molar-refractivity contribution is 0.555. The summed E-state index contributed by atoms with van der Waals surface area (Å²) < 4.78 is 15.1. The molecule has 0 radical (unpaired) electrons. The molecule has 1 atom stereocenters. The maximum absolute atomic E-state index is 13.5. The van der Waals surface area contributed by atoms with Crippen molar-refractivity contribution in [2.75, 3.05) is 7.05 Å². The summed E-state index contributed by atoms with van der Waals surface area (Å²) in [5, 5.41) is 12.0. The Morgan fingerprint density at radius 3 is 2.65 bits per heavy atom. The largest absolute Gasteiger partial charge is 0.312 e. The Bertz CT molecular complexity index is 573. The molecule has 0 amide bonds. The van der Waals surface area contributed by atoms with Crippen LogP contribution in [-0.4, -0.2) is 22.0 Å². The molecule has 1 N–H and O–H groups in total. The Morgan fingerprint density at radius 2 is 2.10 bits per heavy atom. The zero-order valence-corrected chi connectivity index (χ0v) is 12.6. The van der Waals surface area contributed by atoms with E-state index < -0.39 is 0 Å². The van der Waals surface area contributed by atoms with E-state index in [-0.39, 0.29) is 11.9 Å². The molecule has 108 valence electrons. The highest BCUT2D eigenvalue weighted by atomic mass is 35.5. The van der Waals surface area contributed by atoms with Gasteiger partial charge in [0.1, 0.15) is 11.5 Å². The maximum atomic E-state index is 13.5. The van der Waals surface area contributed by atoms with Gasteiger partial charge in [-0.15, -0.1) is 5.10 Å². The van der Waals surface area contributed by atoms with Crippen LogP contribution in [0.4, 0.5) is 4.39 Å². The third kappa shape index (κ3) is 2.83. The fraction of sp³-hybridized carbons (Fsp3) is 0.429. The molecule has 1 aromatic heterocycles. The van der Waals surface area contributed by atoms with Gasteiger partial charge >= 0.3 is 0 Å². The zero-order valence-electron chi connectivity index (χ0n) is 11.8. The van der Waals surface area contributed by atoms with Crippen molar-refractivity contribution >= 4 is 11.6 Å². The molecule has 2 rings (SSSR count). The van der Waals surface area contributed by atoms with Gasteiger partial charge in [0.2, 0.25) is 0 Å². The number of rotatable bonds is 5. The minimum absolute atomic E-state index is 0.141. The van der Waals surface area contributed by atoms with Crippen LogP contribution in [0.5, 0.6) is 0 Å². The molecule has 0 aliphatic carbocycles. The van der Waals surface area contributed by atoms with Crippen LogP contribution in [0.1, 0.15) is 37.7 Å². The first-order valence-corrected chi connectivity index (χ1v) is 7.06. The van der Waals surface area contributed by atoms with Crippen LogP contribution < -0.4 is 5.32 Å². The number of benzene rings is 1. The van der Waals surface area contributed by atoms with Gasteiger partial charge in [0.15, 0.2) is 0 Å². The van der Waals surface area contributed by atoms with E-state index in [1.165, 1.54) is 12.1 Å². The number of hydrogen-bond donors (Lipinski definition) is 1. The monoisotopic (exact) mass is 296 g/mol. The average molecular weight is 297 g/mol. The lowest BCUT2D eigenvalue weighted by Crippen LogP contribution is -2.17. The van der Waals surface area contributed by atoms with E-state index in [1.807, 2.05) is 14.0 Å². The molecular weight excluding hydrogens is 279 g/mol. The first-order chi connectivity index (χ1) is 9.60. The summed E-state index contributed by atoms with van der Waals surface area (Å²) in [7, 11) is 1.89. The predicted octanol–water partition coefficient (Wildman–Crippen LogP) is 3.29. The Kier molecular flexibility index (Phi) is 4.73. The van der Waals surface area contributed by atoms with Crippen LogP contribution in [0.2, 0.25) is 5.02 Å². The molecule has 0 saturated heterocycles. The summed E-state index contributed by atoms with van der Waals surface area (Å²) in [5.74, 6) is -0.382. The third-order valence-corrected chi connectivity index (χ3v) is 3.53. The summed E-state index contributed by atoms with van der Waals surface area (Å²) >= 11 is 5.91. The summed E-state index contributed by atoms with van der Waals surface area (Å²) in [4.78, 5) is 0. The number of halogens is 2. The van der Waals surface area contributed by atoms with E-state index in [1.54, 1.807) is 10.7 Å². The van der Waals surface area contributed by atoms with E-state index >= 15 is 0 Å². The van der Waals surface area contributed by atoms with Crippen molar-refractivity contribution in [3.05, 3.63) is 40.4 Å². The molecule has 6 heteroatoms. The summed E-state index contributed by atoms with van der Waals surface area (Å²) in [6.45, 7) is 4.11. The second kappa shape index (κ2) is 6.33. The van der Waals surface area contributed by atoms with Crippen LogP contribution in [-0.2, 0) is 6.42 Å². The topological polar surface area (TPSA) is 42.7 Å². The number of nitrogens with one attached hydrogen (secondary N) is 1. The smallest absolute Gasteiger partial charge is 0.126 e. The van der Waals surface area contributed by atoms with Gasteiger partial charge in [-0.1, -0.05) is 30.7 Å². The highest BCUT2D eigenvalue weighted by Gasteiger charge is 2.19. The van der Waals surface area contributed by atoms with Crippen molar-refractivity contribution < 1.29 is 4.39 Å². The van der Waals surface area contributed by atoms with Gasteiger partial charge < -0.3 is 5.32 Å². The molecule has 1 heterocycles. The van der Waals surface area contributed by atoms with Crippen molar-refractivity contribution in [2.24, 2.45) is 0 Å². The molecule has 1 unspecified atom stereocenters. The van der Waals surface area contributed by atoms with Crippen molar-refractivity contribution in [1.82, 2.24) is 20.3 Å². The first-order valence-electron chi connectivity index (χ1n) is 6.68. The van der Waals surface area contributed by atoms with E-state index in [0.29, 0.717) is 10.7 Å². The minimum atomic E-state index is -0.382. The molecule has 0 fully saturated rings. The number of nitrogens with zero attached hydrogens (tertiary/aromatic N) is 3. The van der Waals surface area contributed by atoms with Crippen LogP contribution in [0.3, 0.4) is 0 Å². The fourth-order valence-electron chi connectivity index (χ4n) is 2.32. The van der Waals surface area contributed by atoms with Gasteiger partial charge in [0, 0.05) is 5.02 Å². The van der Waals surface area contributed by atoms with E-state index in [4.69, 9.17) is 11.6 Å². The standard InChI is InChI=1S/C14H18ClFN4/c1-4-12(17-3)14-13(5-2)20(19-18-14)11-7-9(15)6-10(16)8-11/h6-8,12,17H,4-5H2,1-3H3. The minimum Gasteiger partial charge on any atom is -0.312 e. The second-order valence-electron chi connectivity index (χ2n) is 4.56. The number of aromatic nitrogens is 3. The molecule has 2 aromatic rings. The van der Waals surface area contributed by atoms with Crippen LogP contribution in [0.15, 0.2) is 18.2 Å². The lowest BCUT2D eigenvalue weighted by atomic mass is 10.1. The predicted molar refractivity (Wildman–Crippen MR) is 77.8 cm³/mol. The molecular formula is C14H18ClFN4. The van der Waals surface area contributed by atoms with Crippen molar-refractivity contribution in [2.45, 2.75) is 32.7 Å². The van der Waals surface area contributed by atoms with Gasteiger partial charge in [-0.3, -0.25) is 0 Å². The third-order valence-electron chi connectivity index (χ3n) is 3.31. The van der Waals surface area contributed by atoms with Crippen LogP contribution >= 0.6 is 11.6 Å². The highest BCUT2D eigenvalue weighted by Crippen LogP contribution is 2.23. The molecule has 1 aromatic carbocycles.